The second-order valence-corrected chi connectivity index (χ2v) is 6.06. The van der Waals surface area contributed by atoms with Gasteiger partial charge in [-0.3, -0.25) is 4.79 Å². The van der Waals surface area contributed by atoms with Gasteiger partial charge in [0.25, 0.3) is 5.91 Å². The van der Waals surface area contributed by atoms with Crippen molar-refractivity contribution in [3.63, 3.8) is 0 Å². The summed E-state index contributed by atoms with van der Waals surface area (Å²) in [6, 6.07) is 14.7. The zero-order valence-electron chi connectivity index (χ0n) is 12.0. The molecule has 0 saturated carbocycles. The normalized spacial score (nSPS) is 17.8. The molecule has 1 unspecified atom stereocenters. The van der Waals surface area contributed by atoms with Crippen molar-refractivity contribution < 1.29 is 4.79 Å². The van der Waals surface area contributed by atoms with Crippen molar-refractivity contribution in [1.29, 1.82) is 0 Å². The van der Waals surface area contributed by atoms with Gasteiger partial charge in [0.15, 0.2) is 0 Å². The Morgan fingerprint density at radius 2 is 1.86 bits per heavy atom. The summed E-state index contributed by atoms with van der Waals surface area (Å²) in [5.74, 6) is -0.325. The van der Waals surface area contributed by atoms with Gasteiger partial charge in [0.05, 0.1) is 11.6 Å². The molecule has 0 saturated heterocycles. The molecule has 0 aromatic heterocycles. The number of carbonyl (C=O) groups excluding carboxylic acids is 1. The smallest absolute Gasteiger partial charge is 0.256 e. The molecule has 112 valence electrons. The van der Waals surface area contributed by atoms with E-state index in [4.69, 9.17) is 23.2 Å². The molecule has 2 aromatic rings. The SMILES string of the molecule is CC1=NN(c2ccccc2)C(=O)C1Cc1ccc(Cl)cc1Cl. The highest BCUT2D eigenvalue weighted by Gasteiger charge is 2.34. The largest absolute Gasteiger partial charge is 0.272 e. The number of nitrogens with zero attached hydrogens (tertiary/aromatic N) is 2. The molecule has 0 bridgehead atoms. The van der Waals surface area contributed by atoms with E-state index < -0.39 is 0 Å². The summed E-state index contributed by atoms with van der Waals surface area (Å²) >= 11 is 12.1. The number of benzene rings is 2. The minimum atomic E-state index is -0.293. The lowest BCUT2D eigenvalue weighted by molar-refractivity contribution is -0.119. The molecule has 3 rings (SSSR count). The Balaban J connectivity index is 1.84. The number of carbonyl (C=O) groups is 1. The maximum atomic E-state index is 12.6. The van der Waals surface area contributed by atoms with Crippen LogP contribution in [0.15, 0.2) is 53.6 Å². The molecule has 22 heavy (non-hydrogen) atoms. The first kappa shape index (κ1) is 15.1. The first-order valence-corrected chi connectivity index (χ1v) is 7.70. The van der Waals surface area contributed by atoms with E-state index >= 15 is 0 Å². The molecule has 1 atom stereocenters. The van der Waals surface area contributed by atoms with E-state index in [1.54, 1.807) is 12.1 Å². The predicted molar refractivity (Wildman–Crippen MR) is 90.7 cm³/mol. The number of anilines is 1. The third kappa shape index (κ3) is 2.87. The van der Waals surface area contributed by atoms with E-state index in [0.29, 0.717) is 16.5 Å². The van der Waals surface area contributed by atoms with Crippen molar-refractivity contribution in [1.82, 2.24) is 0 Å². The Morgan fingerprint density at radius 3 is 2.55 bits per heavy atom. The van der Waals surface area contributed by atoms with Crippen LogP contribution < -0.4 is 5.01 Å². The predicted octanol–water partition coefficient (Wildman–Crippen LogP) is 4.57. The van der Waals surface area contributed by atoms with Crippen molar-refractivity contribution in [2.45, 2.75) is 13.3 Å². The van der Waals surface area contributed by atoms with Crippen LogP contribution >= 0.6 is 23.2 Å². The van der Waals surface area contributed by atoms with Gasteiger partial charge in [0.2, 0.25) is 0 Å². The molecular formula is C17H14Cl2N2O. The number of rotatable bonds is 3. The summed E-state index contributed by atoms with van der Waals surface area (Å²) in [6.07, 6.45) is 0.521. The molecule has 0 radical (unpaired) electrons. The maximum absolute atomic E-state index is 12.6. The Kier molecular flexibility index (Phi) is 4.19. The topological polar surface area (TPSA) is 32.7 Å². The van der Waals surface area contributed by atoms with Gasteiger partial charge < -0.3 is 0 Å². The molecule has 5 heteroatoms. The zero-order valence-corrected chi connectivity index (χ0v) is 13.5. The van der Waals surface area contributed by atoms with E-state index in [1.165, 1.54) is 5.01 Å². The zero-order chi connectivity index (χ0) is 15.7. The summed E-state index contributed by atoms with van der Waals surface area (Å²) < 4.78 is 0. The van der Waals surface area contributed by atoms with Crippen molar-refractivity contribution >= 4 is 40.5 Å². The number of halogens is 2. The lowest BCUT2D eigenvalue weighted by Crippen LogP contribution is -2.28. The fourth-order valence-electron chi connectivity index (χ4n) is 2.50. The van der Waals surface area contributed by atoms with Gasteiger partial charge in [-0.2, -0.15) is 5.10 Å². The molecule has 0 spiro atoms. The van der Waals surface area contributed by atoms with Crippen LogP contribution in [0.1, 0.15) is 12.5 Å². The standard InChI is InChI=1S/C17H14Cl2N2O/c1-11-15(9-12-7-8-13(18)10-16(12)19)17(22)21(20-11)14-5-3-2-4-6-14/h2-8,10,15H,9H2,1H3. The molecule has 1 heterocycles. The first-order chi connectivity index (χ1) is 10.6. The maximum Gasteiger partial charge on any atom is 0.256 e. The summed E-state index contributed by atoms with van der Waals surface area (Å²) in [7, 11) is 0. The van der Waals surface area contributed by atoms with Crippen LogP contribution in [-0.4, -0.2) is 11.6 Å². The average molecular weight is 333 g/mol. The average Bonchev–Trinajstić information content (AvgIpc) is 2.79. The molecule has 3 nitrogen and oxygen atoms in total. The van der Waals surface area contributed by atoms with Crippen LogP contribution in [0.3, 0.4) is 0 Å². The minimum Gasteiger partial charge on any atom is -0.272 e. The summed E-state index contributed by atoms with van der Waals surface area (Å²) in [5, 5.41) is 7.02. The van der Waals surface area contributed by atoms with Crippen LogP contribution in [0.5, 0.6) is 0 Å². The number of amides is 1. The van der Waals surface area contributed by atoms with Gasteiger partial charge in [-0.15, -0.1) is 0 Å². The van der Waals surface area contributed by atoms with E-state index in [1.807, 2.05) is 43.3 Å². The molecule has 0 N–H and O–H groups in total. The Labute approximate surface area is 139 Å². The molecule has 2 aromatic carbocycles. The molecule has 1 amide bonds. The van der Waals surface area contributed by atoms with Crippen LogP contribution in [0.25, 0.3) is 0 Å². The fourth-order valence-corrected chi connectivity index (χ4v) is 2.98. The summed E-state index contributed by atoms with van der Waals surface area (Å²) in [6.45, 7) is 1.87. The highest BCUT2D eigenvalue weighted by atomic mass is 35.5. The molecule has 0 aliphatic carbocycles. The van der Waals surface area contributed by atoms with Crippen LogP contribution in [-0.2, 0) is 11.2 Å². The molecule has 0 fully saturated rings. The third-order valence-electron chi connectivity index (χ3n) is 3.71. The van der Waals surface area contributed by atoms with Crippen LogP contribution in [0.4, 0.5) is 5.69 Å². The van der Waals surface area contributed by atoms with Gasteiger partial charge >= 0.3 is 0 Å². The number of hydrogen-bond acceptors (Lipinski definition) is 2. The highest BCUT2D eigenvalue weighted by molar-refractivity contribution is 6.35. The number of para-hydroxylation sites is 1. The van der Waals surface area contributed by atoms with E-state index in [9.17, 15) is 4.79 Å². The lowest BCUT2D eigenvalue weighted by atomic mass is 9.95. The third-order valence-corrected chi connectivity index (χ3v) is 4.30. The van der Waals surface area contributed by atoms with Gasteiger partial charge in [-0.25, -0.2) is 5.01 Å². The van der Waals surface area contributed by atoms with Crippen molar-refractivity contribution in [3.8, 4) is 0 Å². The Hall–Kier alpha value is -1.84. The fraction of sp³-hybridized carbons (Fsp3) is 0.176. The molecular weight excluding hydrogens is 319 g/mol. The van der Waals surface area contributed by atoms with E-state index in [0.717, 1.165) is 17.0 Å². The van der Waals surface area contributed by atoms with Crippen molar-refractivity contribution in [3.05, 3.63) is 64.1 Å². The molecule has 1 aliphatic heterocycles. The number of hydrazone groups is 1. The van der Waals surface area contributed by atoms with Crippen LogP contribution in [0.2, 0.25) is 10.0 Å². The van der Waals surface area contributed by atoms with E-state index in [2.05, 4.69) is 5.10 Å². The van der Waals surface area contributed by atoms with Gasteiger partial charge in [0.1, 0.15) is 0 Å². The van der Waals surface area contributed by atoms with Gasteiger partial charge in [-0.1, -0.05) is 47.5 Å². The van der Waals surface area contributed by atoms with Gasteiger partial charge in [0, 0.05) is 15.8 Å². The number of hydrogen-bond donors (Lipinski definition) is 0. The Bertz CT molecular complexity index is 744. The first-order valence-electron chi connectivity index (χ1n) is 6.94. The van der Waals surface area contributed by atoms with E-state index in [-0.39, 0.29) is 11.8 Å². The quantitative estimate of drug-likeness (QED) is 0.809. The summed E-state index contributed by atoms with van der Waals surface area (Å²) in [5.41, 5.74) is 2.46. The lowest BCUT2D eigenvalue weighted by Gasteiger charge is -2.15. The van der Waals surface area contributed by atoms with Gasteiger partial charge in [-0.05, 0) is 43.2 Å². The minimum absolute atomic E-state index is 0.0327. The van der Waals surface area contributed by atoms with Crippen LogP contribution in [0, 0.1) is 5.92 Å². The molecule has 1 aliphatic rings. The Morgan fingerprint density at radius 1 is 1.14 bits per heavy atom. The second-order valence-electron chi connectivity index (χ2n) is 5.22. The highest BCUT2D eigenvalue weighted by Crippen LogP contribution is 2.29. The monoisotopic (exact) mass is 332 g/mol. The summed E-state index contributed by atoms with van der Waals surface area (Å²) in [4.78, 5) is 12.6. The van der Waals surface area contributed by atoms with Crippen molar-refractivity contribution in [2.24, 2.45) is 11.0 Å². The second kappa shape index (κ2) is 6.11. The van der Waals surface area contributed by atoms with Crippen molar-refractivity contribution in [2.75, 3.05) is 5.01 Å².